The zero-order valence-corrected chi connectivity index (χ0v) is 20.7. The third-order valence-electron chi connectivity index (χ3n) is 5.88. The number of aromatic nitrogens is 1. The zero-order chi connectivity index (χ0) is 23.8. The van der Waals surface area contributed by atoms with Crippen molar-refractivity contribution in [2.45, 2.75) is 25.7 Å². The molecule has 34 heavy (non-hydrogen) atoms. The number of anilines is 1. The van der Waals surface area contributed by atoms with E-state index >= 15 is 0 Å². The van der Waals surface area contributed by atoms with Gasteiger partial charge in [-0.25, -0.2) is 4.98 Å². The summed E-state index contributed by atoms with van der Waals surface area (Å²) >= 11 is 7.91. The van der Waals surface area contributed by atoms with E-state index in [9.17, 15) is 9.59 Å². The van der Waals surface area contributed by atoms with Crippen LogP contribution in [0.15, 0.2) is 60.0 Å². The van der Waals surface area contributed by atoms with Gasteiger partial charge in [0.15, 0.2) is 0 Å². The van der Waals surface area contributed by atoms with Crippen molar-refractivity contribution < 1.29 is 9.59 Å². The molecule has 1 aromatic heterocycles. The maximum absolute atomic E-state index is 12.6. The minimum atomic E-state index is -0.0934. The zero-order valence-electron chi connectivity index (χ0n) is 19.1. The lowest BCUT2D eigenvalue weighted by Crippen LogP contribution is -2.49. The normalized spacial score (nSPS) is 13.7. The number of carbonyl (C=O) groups excluding carboxylic acids is 2. The van der Waals surface area contributed by atoms with Gasteiger partial charge in [-0.15, -0.1) is 11.3 Å². The highest BCUT2D eigenvalue weighted by Crippen LogP contribution is 2.26. The van der Waals surface area contributed by atoms with E-state index in [1.165, 1.54) is 5.56 Å². The molecule has 3 aromatic rings. The van der Waals surface area contributed by atoms with Crippen LogP contribution in [0, 0.1) is 0 Å². The molecule has 4 rings (SSSR count). The number of nitrogens with zero attached hydrogens (tertiary/aromatic N) is 3. The number of hydrogen-bond donors (Lipinski definition) is 1. The van der Waals surface area contributed by atoms with E-state index in [0.29, 0.717) is 26.1 Å². The maximum atomic E-state index is 12.6. The molecule has 0 radical (unpaired) electrons. The Bertz CT molecular complexity index is 1100. The first-order valence-electron chi connectivity index (χ1n) is 11.6. The van der Waals surface area contributed by atoms with Gasteiger partial charge in [-0.1, -0.05) is 54.1 Å². The summed E-state index contributed by atoms with van der Waals surface area (Å²) in [6.45, 7) is 3.29. The predicted octanol–water partition coefficient (Wildman–Crippen LogP) is 4.18. The lowest BCUT2D eigenvalue weighted by atomic mass is 10.1. The van der Waals surface area contributed by atoms with Crippen molar-refractivity contribution >= 4 is 40.4 Å². The lowest BCUT2D eigenvalue weighted by Gasteiger charge is -2.36. The van der Waals surface area contributed by atoms with Gasteiger partial charge in [0.1, 0.15) is 0 Å². The van der Waals surface area contributed by atoms with Gasteiger partial charge in [-0.3, -0.25) is 9.59 Å². The van der Waals surface area contributed by atoms with Gasteiger partial charge in [0.2, 0.25) is 11.8 Å². The number of thiazole rings is 1. The molecule has 0 saturated carbocycles. The highest BCUT2D eigenvalue weighted by Gasteiger charge is 2.22. The molecular weight excluding hydrogens is 468 g/mol. The fourth-order valence-electron chi connectivity index (χ4n) is 4.03. The number of para-hydroxylation sites is 1. The van der Waals surface area contributed by atoms with Gasteiger partial charge >= 0.3 is 0 Å². The standard InChI is InChI=1S/C26H29ClN4O2S/c27-22-8-4-5-9-23(22)30-14-16-31(17-15-30)26(33)11-10-24(32)28-13-12-25-29-21(19-34-25)18-20-6-2-1-3-7-20/h1-9,19H,10-18H2,(H,28,32). The second-order valence-electron chi connectivity index (χ2n) is 8.31. The van der Waals surface area contributed by atoms with Gasteiger partial charge in [0.25, 0.3) is 0 Å². The highest BCUT2D eigenvalue weighted by molar-refractivity contribution is 7.09. The number of carbonyl (C=O) groups is 2. The fraction of sp³-hybridized carbons (Fsp3) is 0.346. The van der Waals surface area contributed by atoms with E-state index in [0.717, 1.165) is 40.9 Å². The minimum absolute atomic E-state index is 0.0273. The molecule has 2 heterocycles. The van der Waals surface area contributed by atoms with Crippen molar-refractivity contribution in [3.8, 4) is 0 Å². The number of amides is 2. The van der Waals surface area contributed by atoms with Gasteiger partial charge in [-0.05, 0) is 17.7 Å². The van der Waals surface area contributed by atoms with Crippen molar-refractivity contribution in [3.05, 3.63) is 81.3 Å². The van der Waals surface area contributed by atoms with Gasteiger partial charge in [-0.2, -0.15) is 0 Å². The van der Waals surface area contributed by atoms with Crippen molar-refractivity contribution in [2.24, 2.45) is 0 Å². The Morgan fingerprint density at radius 3 is 2.47 bits per heavy atom. The lowest BCUT2D eigenvalue weighted by molar-refractivity contribution is -0.133. The number of piperazine rings is 1. The van der Waals surface area contributed by atoms with E-state index in [1.807, 2.05) is 47.4 Å². The van der Waals surface area contributed by atoms with E-state index in [1.54, 1.807) is 11.3 Å². The quantitative estimate of drug-likeness (QED) is 0.482. The Labute approximate surface area is 209 Å². The van der Waals surface area contributed by atoms with Crippen molar-refractivity contribution in [3.63, 3.8) is 0 Å². The summed E-state index contributed by atoms with van der Waals surface area (Å²) in [5, 5.41) is 6.73. The second-order valence-corrected chi connectivity index (χ2v) is 9.66. The van der Waals surface area contributed by atoms with Crippen LogP contribution in [-0.2, 0) is 22.4 Å². The summed E-state index contributed by atoms with van der Waals surface area (Å²) in [7, 11) is 0. The Kier molecular flexibility index (Phi) is 8.55. The van der Waals surface area contributed by atoms with E-state index in [2.05, 4.69) is 32.7 Å². The molecule has 6 nitrogen and oxygen atoms in total. The van der Waals surface area contributed by atoms with Crippen molar-refractivity contribution in [1.82, 2.24) is 15.2 Å². The monoisotopic (exact) mass is 496 g/mol. The van der Waals surface area contributed by atoms with Crippen LogP contribution in [0.1, 0.15) is 29.1 Å². The minimum Gasteiger partial charge on any atom is -0.367 e. The molecule has 178 valence electrons. The molecule has 0 aliphatic carbocycles. The molecule has 1 saturated heterocycles. The van der Waals surface area contributed by atoms with Crippen LogP contribution >= 0.6 is 22.9 Å². The molecular formula is C26H29ClN4O2S. The fourth-order valence-corrected chi connectivity index (χ4v) is 5.08. The molecule has 1 aliphatic rings. The number of nitrogens with one attached hydrogen (secondary N) is 1. The Morgan fingerprint density at radius 2 is 1.71 bits per heavy atom. The Balaban J connectivity index is 1.12. The third kappa shape index (κ3) is 6.81. The van der Waals surface area contributed by atoms with Crippen LogP contribution in [0.3, 0.4) is 0 Å². The molecule has 2 aromatic carbocycles. The number of benzene rings is 2. The highest BCUT2D eigenvalue weighted by atomic mass is 35.5. The molecule has 1 fully saturated rings. The van der Waals surface area contributed by atoms with Crippen LogP contribution < -0.4 is 10.2 Å². The molecule has 0 unspecified atom stereocenters. The van der Waals surface area contributed by atoms with Gasteiger partial charge in [0.05, 0.1) is 21.4 Å². The first-order valence-corrected chi connectivity index (χ1v) is 12.9. The van der Waals surface area contributed by atoms with Crippen LogP contribution in [0.25, 0.3) is 0 Å². The van der Waals surface area contributed by atoms with Crippen molar-refractivity contribution in [1.29, 1.82) is 0 Å². The van der Waals surface area contributed by atoms with E-state index in [-0.39, 0.29) is 24.7 Å². The first kappa shape index (κ1) is 24.2. The molecule has 0 spiro atoms. The van der Waals surface area contributed by atoms with Crippen LogP contribution in [0.5, 0.6) is 0 Å². The average molecular weight is 497 g/mol. The van der Waals surface area contributed by atoms with Crippen LogP contribution in [0.4, 0.5) is 5.69 Å². The summed E-state index contributed by atoms with van der Waals surface area (Å²) in [6, 6.07) is 18.0. The number of halogens is 1. The van der Waals surface area contributed by atoms with E-state index < -0.39 is 0 Å². The van der Waals surface area contributed by atoms with Gasteiger partial charge in [0, 0.05) is 63.8 Å². The summed E-state index contributed by atoms with van der Waals surface area (Å²) in [6.07, 6.45) is 1.96. The molecule has 0 bridgehead atoms. The number of rotatable bonds is 9. The van der Waals surface area contributed by atoms with Crippen molar-refractivity contribution in [2.75, 3.05) is 37.6 Å². The van der Waals surface area contributed by atoms with Crippen LogP contribution in [-0.4, -0.2) is 54.4 Å². The molecule has 2 amide bonds. The summed E-state index contributed by atoms with van der Waals surface area (Å²) < 4.78 is 0. The maximum Gasteiger partial charge on any atom is 0.223 e. The first-order chi connectivity index (χ1) is 16.6. The molecule has 1 N–H and O–H groups in total. The van der Waals surface area contributed by atoms with Crippen LogP contribution in [0.2, 0.25) is 5.02 Å². The van der Waals surface area contributed by atoms with Gasteiger partial charge < -0.3 is 15.1 Å². The molecule has 8 heteroatoms. The largest absolute Gasteiger partial charge is 0.367 e. The molecule has 1 aliphatic heterocycles. The Morgan fingerprint density at radius 1 is 0.971 bits per heavy atom. The smallest absolute Gasteiger partial charge is 0.223 e. The van der Waals surface area contributed by atoms with E-state index in [4.69, 9.17) is 11.6 Å². The SMILES string of the molecule is O=C(CCC(=O)N1CCN(c2ccccc2Cl)CC1)NCCc1nc(Cc2ccccc2)cs1. The predicted molar refractivity (Wildman–Crippen MR) is 138 cm³/mol. The average Bonchev–Trinajstić information content (AvgIpc) is 3.30. The summed E-state index contributed by atoms with van der Waals surface area (Å²) in [5.41, 5.74) is 3.29. The second kappa shape index (κ2) is 12.0. The topological polar surface area (TPSA) is 65.5 Å². The molecule has 0 atom stereocenters. The summed E-state index contributed by atoms with van der Waals surface area (Å²) in [4.78, 5) is 33.5. The Hall–Kier alpha value is -2.90. The third-order valence-corrected chi connectivity index (χ3v) is 7.16. The number of hydrogen-bond acceptors (Lipinski definition) is 5. The summed E-state index contributed by atoms with van der Waals surface area (Å²) in [5.74, 6) is -0.0662.